The van der Waals surface area contributed by atoms with Crippen LogP contribution in [-0.4, -0.2) is 24.9 Å². The first kappa shape index (κ1) is 19.6. The standard InChI is InChI=1S/C22H18N2O5/c1-28-22(27)15-11-13-16(14-12-15)23-20(25)21(26)24-18-9-5-6-10-19(18)29-17-7-3-2-4-8-17/h2-14H,1H3,(H,23,25)(H,24,26). The third-order valence-electron chi connectivity index (χ3n) is 3.88. The molecule has 0 saturated carbocycles. The fourth-order valence-corrected chi connectivity index (χ4v) is 2.45. The van der Waals surface area contributed by atoms with Crippen molar-refractivity contribution in [2.75, 3.05) is 17.7 Å². The first-order chi connectivity index (χ1) is 14.1. The Morgan fingerprint density at radius 2 is 1.34 bits per heavy atom. The molecule has 0 saturated heterocycles. The second-order valence-electron chi connectivity index (χ2n) is 5.89. The maximum absolute atomic E-state index is 12.3. The van der Waals surface area contributed by atoms with E-state index < -0.39 is 17.8 Å². The van der Waals surface area contributed by atoms with Gasteiger partial charge in [-0.05, 0) is 48.5 Å². The van der Waals surface area contributed by atoms with Gasteiger partial charge in [0.15, 0.2) is 5.75 Å². The number of rotatable bonds is 5. The lowest BCUT2D eigenvalue weighted by atomic mass is 10.2. The number of para-hydroxylation sites is 3. The molecule has 29 heavy (non-hydrogen) atoms. The van der Waals surface area contributed by atoms with Gasteiger partial charge in [-0.3, -0.25) is 9.59 Å². The zero-order valence-electron chi connectivity index (χ0n) is 15.5. The first-order valence-electron chi connectivity index (χ1n) is 8.69. The van der Waals surface area contributed by atoms with Gasteiger partial charge < -0.3 is 20.1 Å². The van der Waals surface area contributed by atoms with Crippen molar-refractivity contribution in [3.8, 4) is 11.5 Å². The van der Waals surface area contributed by atoms with E-state index in [4.69, 9.17) is 4.74 Å². The van der Waals surface area contributed by atoms with Gasteiger partial charge in [0.25, 0.3) is 0 Å². The number of carbonyl (C=O) groups excluding carboxylic acids is 3. The SMILES string of the molecule is COC(=O)c1ccc(NC(=O)C(=O)Nc2ccccc2Oc2ccccc2)cc1. The topological polar surface area (TPSA) is 93.7 Å². The van der Waals surface area contributed by atoms with Crippen LogP contribution in [0.3, 0.4) is 0 Å². The van der Waals surface area contributed by atoms with Gasteiger partial charge in [0, 0.05) is 5.69 Å². The fraction of sp³-hybridized carbons (Fsp3) is 0.0455. The van der Waals surface area contributed by atoms with Gasteiger partial charge in [0.1, 0.15) is 5.75 Å². The number of anilines is 2. The van der Waals surface area contributed by atoms with E-state index in [9.17, 15) is 14.4 Å². The summed E-state index contributed by atoms with van der Waals surface area (Å²) in [5, 5.41) is 5.01. The minimum absolute atomic E-state index is 0.335. The molecular formula is C22H18N2O5. The molecule has 146 valence electrons. The van der Waals surface area contributed by atoms with Crippen molar-refractivity contribution in [2.45, 2.75) is 0 Å². The van der Waals surface area contributed by atoms with Crippen LogP contribution >= 0.6 is 0 Å². The molecule has 0 atom stereocenters. The number of esters is 1. The van der Waals surface area contributed by atoms with Crippen LogP contribution in [0.5, 0.6) is 11.5 Å². The molecule has 2 N–H and O–H groups in total. The lowest BCUT2D eigenvalue weighted by molar-refractivity contribution is -0.133. The fourth-order valence-electron chi connectivity index (χ4n) is 2.45. The number of hydrogen-bond acceptors (Lipinski definition) is 5. The number of amides is 2. The Bertz CT molecular complexity index is 1020. The number of methoxy groups -OCH3 is 1. The van der Waals surface area contributed by atoms with Crippen molar-refractivity contribution in [2.24, 2.45) is 0 Å². The molecule has 3 aromatic carbocycles. The highest BCUT2D eigenvalue weighted by molar-refractivity contribution is 6.43. The Hall–Kier alpha value is -4.13. The summed E-state index contributed by atoms with van der Waals surface area (Å²) < 4.78 is 10.4. The lowest BCUT2D eigenvalue weighted by Crippen LogP contribution is -2.29. The summed E-state index contributed by atoms with van der Waals surface area (Å²) >= 11 is 0. The number of hydrogen-bond donors (Lipinski definition) is 2. The largest absolute Gasteiger partial charge is 0.465 e. The molecule has 0 bridgehead atoms. The van der Waals surface area contributed by atoms with E-state index in [1.807, 2.05) is 18.2 Å². The number of nitrogens with one attached hydrogen (secondary N) is 2. The predicted molar refractivity (Wildman–Crippen MR) is 108 cm³/mol. The summed E-state index contributed by atoms with van der Waals surface area (Å²) in [4.78, 5) is 35.9. The van der Waals surface area contributed by atoms with Crippen molar-refractivity contribution < 1.29 is 23.9 Å². The molecule has 0 radical (unpaired) electrons. The monoisotopic (exact) mass is 390 g/mol. The van der Waals surface area contributed by atoms with Gasteiger partial charge in [-0.2, -0.15) is 0 Å². The molecule has 0 unspecified atom stereocenters. The second kappa shape index (κ2) is 9.18. The zero-order valence-corrected chi connectivity index (χ0v) is 15.5. The summed E-state index contributed by atoms with van der Waals surface area (Å²) in [7, 11) is 1.28. The van der Waals surface area contributed by atoms with Gasteiger partial charge in [-0.25, -0.2) is 4.79 Å². The van der Waals surface area contributed by atoms with Crippen LogP contribution in [-0.2, 0) is 14.3 Å². The minimum Gasteiger partial charge on any atom is -0.465 e. The summed E-state index contributed by atoms with van der Waals surface area (Å²) in [6, 6.07) is 21.9. The molecule has 7 nitrogen and oxygen atoms in total. The highest BCUT2D eigenvalue weighted by Crippen LogP contribution is 2.29. The van der Waals surface area contributed by atoms with Crippen LogP contribution in [0.2, 0.25) is 0 Å². The smallest absolute Gasteiger partial charge is 0.337 e. The van der Waals surface area contributed by atoms with Gasteiger partial charge in [0.2, 0.25) is 0 Å². The van der Waals surface area contributed by atoms with E-state index in [0.29, 0.717) is 28.4 Å². The Labute approximate surface area is 167 Å². The maximum atomic E-state index is 12.3. The van der Waals surface area contributed by atoms with Crippen LogP contribution in [0.15, 0.2) is 78.9 Å². The average molecular weight is 390 g/mol. The van der Waals surface area contributed by atoms with E-state index in [-0.39, 0.29) is 0 Å². The average Bonchev–Trinajstić information content (AvgIpc) is 2.75. The zero-order chi connectivity index (χ0) is 20.6. The summed E-state index contributed by atoms with van der Waals surface area (Å²) in [6.07, 6.45) is 0. The third kappa shape index (κ3) is 5.20. The van der Waals surface area contributed by atoms with E-state index in [1.54, 1.807) is 36.4 Å². The quantitative estimate of drug-likeness (QED) is 0.510. The molecule has 0 fully saturated rings. The molecule has 7 heteroatoms. The van der Waals surface area contributed by atoms with E-state index in [2.05, 4.69) is 15.4 Å². The normalized spacial score (nSPS) is 9.97. The Kier molecular flexibility index (Phi) is 6.22. The van der Waals surface area contributed by atoms with Gasteiger partial charge in [0.05, 0.1) is 18.4 Å². The van der Waals surface area contributed by atoms with E-state index in [1.165, 1.54) is 31.4 Å². The first-order valence-corrected chi connectivity index (χ1v) is 8.69. The highest BCUT2D eigenvalue weighted by atomic mass is 16.5. The summed E-state index contributed by atoms with van der Waals surface area (Å²) in [6.45, 7) is 0. The Morgan fingerprint density at radius 1 is 0.724 bits per heavy atom. The van der Waals surface area contributed by atoms with E-state index in [0.717, 1.165) is 0 Å². The molecule has 2 amide bonds. The molecule has 0 spiro atoms. The Morgan fingerprint density at radius 3 is 2.03 bits per heavy atom. The number of carbonyl (C=O) groups is 3. The Balaban J connectivity index is 1.65. The van der Waals surface area contributed by atoms with Crippen LogP contribution in [0.4, 0.5) is 11.4 Å². The molecular weight excluding hydrogens is 372 g/mol. The molecule has 0 aliphatic carbocycles. The van der Waals surface area contributed by atoms with Crippen LogP contribution in [0, 0.1) is 0 Å². The molecule has 0 aliphatic rings. The molecule has 3 aromatic rings. The summed E-state index contributed by atoms with van der Waals surface area (Å²) in [5.74, 6) is -1.20. The minimum atomic E-state index is -0.856. The third-order valence-corrected chi connectivity index (χ3v) is 3.88. The van der Waals surface area contributed by atoms with Crippen molar-refractivity contribution >= 4 is 29.2 Å². The van der Waals surface area contributed by atoms with Crippen molar-refractivity contribution in [1.29, 1.82) is 0 Å². The second-order valence-corrected chi connectivity index (χ2v) is 5.89. The predicted octanol–water partition coefficient (Wildman–Crippen LogP) is 3.84. The van der Waals surface area contributed by atoms with Crippen LogP contribution in [0.25, 0.3) is 0 Å². The maximum Gasteiger partial charge on any atom is 0.337 e. The molecule has 3 rings (SSSR count). The van der Waals surface area contributed by atoms with Crippen molar-refractivity contribution in [1.82, 2.24) is 0 Å². The van der Waals surface area contributed by atoms with Crippen LogP contribution < -0.4 is 15.4 Å². The van der Waals surface area contributed by atoms with Crippen molar-refractivity contribution in [3.63, 3.8) is 0 Å². The molecule has 0 aliphatic heterocycles. The highest BCUT2D eigenvalue weighted by Gasteiger charge is 2.16. The van der Waals surface area contributed by atoms with Gasteiger partial charge in [-0.15, -0.1) is 0 Å². The van der Waals surface area contributed by atoms with E-state index >= 15 is 0 Å². The molecule has 0 heterocycles. The van der Waals surface area contributed by atoms with Gasteiger partial charge in [-0.1, -0.05) is 30.3 Å². The lowest BCUT2D eigenvalue weighted by Gasteiger charge is -2.12. The van der Waals surface area contributed by atoms with Crippen molar-refractivity contribution in [3.05, 3.63) is 84.4 Å². The van der Waals surface area contributed by atoms with Crippen LogP contribution in [0.1, 0.15) is 10.4 Å². The molecule has 0 aromatic heterocycles. The number of benzene rings is 3. The number of ether oxygens (including phenoxy) is 2. The summed E-state index contributed by atoms with van der Waals surface area (Å²) in [5.41, 5.74) is 1.06. The van der Waals surface area contributed by atoms with Gasteiger partial charge >= 0.3 is 17.8 Å².